The number of aromatic carboxylic acids is 2. The Labute approximate surface area is 130 Å². The van der Waals surface area contributed by atoms with E-state index in [1.807, 2.05) is 0 Å². The lowest BCUT2D eigenvalue weighted by Crippen LogP contribution is -2.00. The molecule has 0 saturated heterocycles. The molecular weight excluding hydrogens is 298 g/mol. The third-order valence-electron chi connectivity index (χ3n) is 3.54. The zero-order chi connectivity index (χ0) is 16.6. The summed E-state index contributed by atoms with van der Waals surface area (Å²) in [5.74, 6) is -2.70. The summed E-state index contributed by atoms with van der Waals surface area (Å²) < 4.78 is 0. The summed E-state index contributed by atoms with van der Waals surface area (Å²) in [4.78, 5) is 26.3. The van der Waals surface area contributed by atoms with Gasteiger partial charge in [0.05, 0.1) is 5.56 Å². The zero-order valence-electron chi connectivity index (χ0n) is 11.7. The van der Waals surface area contributed by atoms with E-state index in [4.69, 9.17) is 5.11 Å². The number of hydrogen-bond donors (Lipinski definition) is 3. The van der Waals surface area contributed by atoms with Crippen LogP contribution >= 0.6 is 0 Å². The normalized spacial score (nSPS) is 10.6. The molecule has 0 fully saturated rings. The van der Waals surface area contributed by atoms with Gasteiger partial charge >= 0.3 is 11.9 Å². The topological polar surface area (TPSA) is 108 Å². The number of fused-ring (bicyclic) bond motifs is 1. The molecule has 0 amide bonds. The van der Waals surface area contributed by atoms with Gasteiger partial charge in [-0.05, 0) is 35.4 Å². The van der Waals surface area contributed by atoms with Crippen LogP contribution in [0.4, 0.5) is 0 Å². The Bertz CT molecular complexity index is 932. The molecule has 0 spiro atoms. The highest BCUT2D eigenvalue weighted by Gasteiger charge is 2.18. The second-order valence-corrected chi connectivity index (χ2v) is 4.91. The van der Waals surface area contributed by atoms with Crippen LogP contribution in [-0.4, -0.2) is 32.2 Å². The first kappa shape index (κ1) is 14.5. The summed E-state index contributed by atoms with van der Waals surface area (Å²) in [5, 5.41) is 28.9. The lowest BCUT2D eigenvalue weighted by Gasteiger charge is -2.11. The Morgan fingerprint density at radius 2 is 1.65 bits per heavy atom. The molecule has 3 N–H and O–H groups in total. The van der Waals surface area contributed by atoms with Gasteiger partial charge in [0.15, 0.2) is 5.75 Å². The highest BCUT2D eigenvalue weighted by atomic mass is 16.4. The van der Waals surface area contributed by atoms with Gasteiger partial charge in [-0.15, -0.1) is 0 Å². The van der Waals surface area contributed by atoms with Gasteiger partial charge in [0.1, 0.15) is 11.1 Å². The minimum atomic E-state index is -1.27. The van der Waals surface area contributed by atoms with Crippen molar-refractivity contribution in [1.82, 2.24) is 4.98 Å². The van der Waals surface area contributed by atoms with Crippen LogP contribution in [0, 0.1) is 0 Å². The van der Waals surface area contributed by atoms with Crippen molar-refractivity contribution in [3.05, 3.63) is 59.8 Å². The second kappa shape index (κ2) is 5.42. The van der Waals surface area contributed by atoms with Crippen molar-refractivity contribution in [3.8, 4) is 16.9 Å². The van der Waals surface area contributed by atoms with Crippen molar-refractivity contribution in [3.63, 3.8) is 0 Å². The molecule has 6 heteroatoms. The monoisotopic (exact) mass is 309 g/mol. The molecule has 1 aromatic heterocycles. The SMILES string of the molecule is O=C(O)c1ccc(-c2cc(C(=O)O)c(O)c3ncccc23)cc1. The Morgan fingerprint density at radius 3 is 2.26 bits per heavy atom. The second-order valence-electron chi connectivity index (χ2n) is 4.91. The minimum Gasteiger partial charge on any atom is -0.505 e. The summed E-state index contributed by atoms with van der Waals surface area (Å²) in [7, 11) is 0. The summed E-state index contributed by atoms with van der Waals surface area (Å²) >= 11 is 0. The van der Waals surface area contributed by atoms with Gasteiger partial charge in [-0.25, -0.2) is 9.59 Å². The molecule has 114 valence electrons. The number of benzene rings is 2. The van der Waals surface area contributed by atoms with E-state index >= 15 is 0 Å². The van der Waals surface area contributed by atoms with E-state index in [0.29, 0.717) is 16.5 Å². The average Bonchev–Trinajstić information content (AvgIpc) is 2.55. The predicted octanol–water partition coefficient (Wildman–Crippen LogP) is 3.00. The molecule has 6 nitrogen and oxygen atoms in total. The van der Waals surface area contributed by atoms with Crippen LogP contribution in [-0.2, 0) is 0 Å². The van der Waals surface area contributed by atoms with Gasteiger partial charge in [-0.3, -0.25) is 4.98 Å². The first-order valence-electron chi connectivity index (χ1n) is 6.66. The highest BCUT2D eigenvalue weighted by Crippen LogP contribution is 2.35. The lowest BCUT2D eigenvalue weighted by molar-refractivity contribution is 0.0684. The number of hydrogen-bond acceptors (Lipinski definition) is 4. The Kier molecular flexibility index (Phi) is 3.42. The maximum absolute atomic E-state index is 11.3. The van der Waals surface area contributed by atoms with E-state index in [-0.39, 0.29) is 22.4 Å². The summed E-state index contributed by atoms with van der Waals surface area (Å²) in [5.41, 5.74) is 1.25. The maximum Gasteiger partial charge on any atom is 0.339 e. The van der Waals surface area contributed by atoms with E-state index < -0.39 is 11.9 Å². The van der Waals surface area contributed by atoms with Gasteiger partial charge < -0.3 is 15.3 Å². The smallest absolute Gasteiger partial charge is 0.339 e. The van der Waals surface area contributed by atoms with Crippen LogP contribution < -0.4 is 0 Å². The molecule has 0 aliphatic rings. The average molecular weight is 309 g/mol. The van der Waals surface area contributed by atoms with Crippen molar-refractivity contribution >= 4 is 22.8 Å². The van der Waals surface area contributed by atoms with E-state index in [0.717, 1.165) is 0 Å². The molecule has 23 heavy (non-hydrogen) atoms. The van der Waals surface area contributed by atoms with Crippen LogP contribution in [0.1, 0.15) is 20.7 Å². The summed E-state index contributed by atoms with van der Waals surface area (Å²) in [6.45, 7) is 0. The number of carboxylic acids is 2. The molecule has 0 saturated carbocycles. The first-order valence-corrected chi connectivity index (χ1v) is 6.66. The van der Waals surface area contributed by atoms with E-state index in [2.05, 4.69) is 4.98 Å². The van der Waals surface area contributed by atoms with E-state index in [1.165, 1.54) is 24.4 Å². The first-order chi connectivity index (χ1) is 11.0. The number of carboxylic acid groups (broad SMARTS) is 2. The molecular formula is C17H11NO5. The fourth-order valence-corrected chi connectivity index (χ4v) is 2.42. The molecule has 0 bridgehead atoms. The fourth-order valence-electron chi connectivity index (χ4n) is 2.42. The molecule has 0 atom stereocenters. The molecule has 0 aliphatic heterocycles. The quantitative estimate of drug-likeness (QED) is 0.686. The van der Waals surface area contributed by atoms with Gasteiger partial charge in [-0.2, -0.15) is 0 Å². The van der Waals surface area contributed by atoms with Crippen LogP contribution in [0.5, 0.6) is 5.75 Å². The predicted molar refractivity (Wildman–Crippen MR) is 82.8 cm³/mol. The number of pyridine rings is 1. The molecule has 0 unspecified atom stereocenters. The third-order valence-corrected chi connectivity index (χ3v) is 3.54. The van der Waals surface area contributed by atoms with Crippen molar-refractivity contribution in [1.29, 1.82) is 0 Å². The number of aromatic hydroxyl groups is 1. The molecule has 1 heterocycles. The van der Waals surface area contributed by atoms with Crippen molar-refractivity contribution in [2.24, 2.45) is 0 Å². The molecule has 2 aromatic carbocycles. The van der Waals surface area contributed by atoms with Crippen molar-refractivity contribution < 1.29 is 24.9 Å². The van der Waals surface area contributed by atoms with Gasteiger partial charge in [0, 0.05) is 11.6 Å². The molecule has 3 aromatic rings. The summed E-state index contributed by atoms with van der Waals surface area (Å²) in [6, 6.07) is 10.8. The molecule has 3 rings (SSSR count). The highest BCUT2D eigenvalue weighted by molar-refractivity contribution is 6.05. The number of nitrogens with zero attached hydrogens (tertiary/aromatic N) is 1. The third kappa shape index (κ3) is 2.46. The lowest BCUT2D eigenvalue weighted by atomic mass is 9.96. The van der Waals surface area contributed by atoms with Crippen molar-refractivity contribution in [2.45, 2.75) is 0 Å². The number of rotatable bonds is 3. The van der Waals surface area contributed by atoms with Crippen LogP contribution in [0.3, 0.4) is 0 Å². The van der Waals surface area contributed by atoms with Gasteiger partial charge in [0.2, 0.25) is 0 Å². The van der Waals surface area contributed by atoms with E-state index in [1.54, 1.807) is 24.3 Å². The Morgan fingerprint density at radius 1 is 0.957 bits per heavy atom. The number of carbonyl (C=O) groups is 2. The van der Waals surface area contributed by atoms with Crippen LogP contribution in [0.2, 0.25) is 0 Å². The van der Waals surface area contributed by atoms with E-state index in [9.17, 15) is 19.8 Å². The Balaban J connectivity index is 2.30. The Hall–Kier alpha value is -3.41. The largest absolute Gasteiger partial charge is 0.505 e. The van der Waals surface area contributed by atoms with Gasteiger partial charge in [0.25, 0.3) is 0 Å². The van der Waals surface area contributed by atoms with Crippen LogP contribution in [0.25, 0.3) is 22.0 Å². The maximum atomic E-state index is 11.3. The number of aromatic nitrogens is 1. The standard InChI is InChI=1S/C17H11NO5/c19-15-13(17(22)23)8-12(11-2-1-7-18-14(11)15)9-3-5-10(6-4-9)16(20)21/h1-8,19H,(H,20,21)(H,22,23). The number of phenols is 1. The summed E-state index contributed by atoms with van der Waals surface area (Å²) in [6.07, 6.45) is 1.46. The van der Waals surface area contributed by atoms with Gasteiger partial charge in [-0.1, -0.05) is 18.2 Å². The van der Waals surface area contributed by atoms with Crippen LogP contribution in [0.15, 0.2) is 48.7 Å². The zero-order valence-corrected chi connectivity index (χ0v) is 11.7. The molecule has 0 aliphatic carbocycles. The van der Waals surface area contributed by atoms with Crippen molar-refractivity contribution in [2.75, 3.05) is 0 Å². The molecule has 0 radical (unpaired) electrons. The minimum absolute atomic E-state index is 0.133. The fraction of sp³-hybridized carbons (Fsp3) is 0.